The van der Waals surface area contributed by atoms with Crippen LogP contribution < -0.4 is 4.74 Å². The molecule has 0 aromatic heterocycles. The van der Waals surface area contributed by atoms with E-state index >= 15 is 0 Å². The molecule has 6 fully saturated rings. The molecule has 1 aromatic rings. The molecule has 0 radical (unpaired) electrons. The van der Waals surface area contributed by atoms with E-state index in [1.165, 1.54) is 0 Å². The number of esters is 2. The summed E-state index contributed by atoms with van der Waals surface area (Å²) in [4.78, 5) is 40.8. The van der Waals surface area contributed by atoms with Gasteiger partial charge in [0.15, 0.2) is 5.78 Å². The molecular weight excluding hydrogens is 432 g/mol. The number of cyclic esters (lactones) is 1. The van der Waals surface area contributed by atoms with E-state index in [2.05, 4.69) is 13.5 Å². The summed E-state index contributed by atoms with van der Waals surface area (Å²) < 4.78 is 17.3. The Morgan fingerprint density at radius 3 is 2.56 bits per heavy atom. The van der Waals surface area contributed by atoms with Crippen molar-refractivity contribution in [1.82, 2.24) is 0 Å². The Kier molecular flexibility index (Phi) is 4.62. The zero-order chi connectivity index (χ0) is 23.9. The fourth-order valence-electron chi connectivity index (χ4n) is 8.57. The highest BCUT2D eigenvalue weighted by atomic mass is 16.5. The molecule has 6 aliphatic rings. The lowest BCUT2D eigenvalue weighted by Gasteiger charge is -2.69. The normalized spacial score (nSPS) is 42.4. The van der Waals surface area contributed by atoms with Gasteiger partial charge in [-0.25, -0.2) is 4.79 Å². The lowest BCUT2D eigenvalue weighted by molar-refractivity contribution is -0.254. The highest BCUT2D eigenvalue weighted by Gasteiger charge is 2.76. The van der Waals surface area contributed by atoms with Crippen molar-refractivity contribution in [2.24, 2.45) is 34.0 Å². The molecule has 1 spiro atoms. The van der Waals surface area contributed by atoms with E-state index in [1.54, 1.807) is 31.4 Å². The maximum atomic E-state index is 13.9. The molecule has 1 heterocycles. The third-order valence-corrected chi connectivity index (χ3v) is 10.2. The molecule has 5 saturated carbocycles. The molecule has 4 bridgehead atoms. The number of hydrogen-bond donors (Lipinski definition) is 0. The van der Waals surface area contributed by atoms with E-state index < -0.39 is 22.9 Å². The van der Waals surface area contributed by atoms with Crippen LogP contribution in [0.2, 0.25) is 0 Å². The first kappa shape index (κ1) is 21.9. The van der Waals surface area contributed by atoms with Crippen molar-refractivity contribution in [1.29, 1.82) is 0 Å². The van der Waals surface area contributed by atoms with Crippen LogP contribution in [0.25, 0.3) is 0 Å². The number of carbonyl (C=O) groups is 3. The minimum absolute atomic E-state index is 0.00556. The van der Waals surface area contributed by atoms with Gasteiger partial charge in [-0.2, -0.15) is 0 Å². The van der Waals surface area contributed by atoms with Crippen LogP contribution >= 0.6 is 0 Å². The standard InChI is InChI=1S/C28H32O6/c1-16-18-9-12-28(23(16)29)21(13-18)27-11-4-10-26(2,15-33-25(27)31)20(27)14-22(28)34-24(30)17-5-7-19(32-3)8-6-17/h5-8,18,20-22H,1,4,9-15H2,2-3H3/t18-,20?,21?,22+,26-,27-,28?/m0/s1. The lowest BCUT2D eigenvalue weighted by atomic mass is 9.35. The average Bonchev–Trinajstić information content (AvgIpc) is 2.85. The molecule has 34 heavy (non-hydrogen) atoms. The van der Waals surface area contributed by atoms with E-state index in [-0.39, 0.29) is 34.9 Å². The molecule has 180 valence electrons. The highest BCUT2D eigenvalue weighted by molar-refractivity contribution is 6.03. The van der Waals surface area contributed by atoms with Gasteiger partial charge in [0, 0.05) is 5.41 Å². The number of allylic oxidation sites excluding steroid dienone is 1. The zero-order valence-corrected chi connectivity index (χ0v) is 19.9. The predicted octanol–water partition coefficient (Wildman–Crippen LogP) is 4.52. The Bertz CT molecular complexity index is 1090. The molecule has 1 aromatic carbocycles. The van der Waals surface area contributed by atoms with Gasteiger partial charge in [-0.1, -0.05) is 19.9 Å². The highest BCUT2D eigenvalue weighted by Crippen LogP contribution is 2.73. The number of ether oxygens (including phenoxy) is 3. The Morgan fingerprint density at radius 1 is 1.06 bits per heavy atom. The summed E-state index contributed by atoms with van der Waals surface area (Å²) in [6.07, 6.45) is 4.89. The second kappa shape index (κ2) is 7.19. The number of methoxy groups -OCH3 is 1. The van der Waals surface area contributed by atoms with Crippen molar-refractivity contribution in [3.8, 4) is 5.75 Å². The van der Waals surface area contributed by atoms with Crippen LogP contribution in [0.1, 0.15) is 62.2 Å². The number of ketones is 1. The number of benzene rings is 1. The van der Waals surface area contributed by atoms with Crippen LogP contribution in [0, 0.1) is 34.0 Å². The van der Waals surface area contributed by atoms with Crippen molar-refractivity contribution >= 4 is 17.7 Å². The number of rotatable bonds is 3. The molecule has 1 aliphatic heterocycles. The smallest absolute Gasteiger partial charge is 0.338 e. The first-order valence-corrected chi connectivity index (χ1v) is 12.5. The maximum absolute atomic E-state index is 13.9. The van der Waals surface area contributed by atoms with Crippen molar-refractivity contribution < 1.29 is 28.6 Å². The van der Waals surface area contributed by atoms with E-state index in [0.717, 1.165) is 32.1 Å². The van der Waals surface area contributed by atoms with Crippen molar-refractivity contribution in [2.45, 2.75) is 58.0 Å². The lowest BCUT2D eigenvalue weighted by Crippen LogP contribution is -2.73. The van der Waals surface area contributed by atoms with Gasteiger partial charge < -0.3 is 14.2 Å². The average molecular weight is 465 g/mol. The fourth-order valence-corrected chi connectivity index (χ4v) is 8.57. The van der Waals surface area contributed by atoms with Crippen LogP contribution in [0.3, 0.4) is 0 Å². The number of hydrogen-bond acceptors (Lipinski definition) is 6. The SMILES string of the molecule is C=C1C(=O)C23CC[C@H]1CC2[C@@]12CCC[C@@](C)(COC1=O)C2C[C@H]3OC(=O)c1ccc(OC)cc1. The maximum Gasteiger partial charge on any atom is 0.338 e. The molecule has 5 aliphatic carbocycles. The number of Topliss-reactive ketones (excluding diaryl/α,β-unsaturated/α-hetero) is 1. The molecule has 7 rings (SSSR count). The van der Waals surface area contributed by atoms with E-state index in [1.807, 2.05) is 0 Å². The van der Waals surface area contributed by atoms with Gasteiger partial charge in [0.2, 0.25) is 0 Å². The van der Waals surface area contributed by atoms with Gasteiger partial charge >= 0.3 is 11.9 Å². The van der Waals surface area contributed by atoms with E-state index in [4.69, 9.17) is 14.2 Å². The molecule has 7 atom stereocenters. The first-order chi connectivity index (χ1) is 16.3. The second-order valence-electron chi connectivity index (χ2n) is 11.5. The van der Waals surface area contributed by atoms with E-state index in [9.17, 15) is 14.4 Å². The van der Waals surface area contributed by atoms with E-state index in [0.29, 0.717) is 36.3 Å². The topological polar surface area (TPSA) is 78.9 Å². The van der Waals surface area contributed by atoms with Crippen LogP contribution in [-0.2, 0) is 19.1 Å². The van der Waals surface area contributed by atoms with Gasteiger partial charge in [0.25, 0.3) is 0 Å². The quantitative estimate of drug-likeness (QED) is 0.484. The van der Waals surface area contributed by atoms with Crippen molar-refractivity contribution in [2.75, 3.05) is 13.7 Å². The summed E-state index contributed by atoms with van der Waals surface area (Å²) in [6, 6.07) is 6.84. The van der Waals surface area contributed by atoms with Gasteiger partial charge in [-0.3, -0.25) is 9.59 Å². The minimum Gasteiger partial charge on any atom is -0.497 e. The molecule has 6 nitrogen and oxygen atoms in total. The Balaban J connectivity index is 1.44. The minimum atomic E-state index is -0.890. The monoisotopic (exact) mass is 464 g/mol. The Labute approximate surface area is 200 Å². The van der Waals surface area contributed by atoms with Crippen LogP contribution in [0.15, 0.2) is 36.4 Å². The van der Waals surface area contributed by atoms with Crippen molar-refractivity contribution in [3.05, 3.63) is 42.0 Å². The van der Waals surface area contributed by atoms with Gasteiger partial charge in [0.05, 0.1) is 30.1 Å². The summed E-state index contributed by atoms with van der Waals surface area (Å²) >= 11 is 0. The molecular formula is C28H32O6. The summed E-state index contributed by atoms with van der Waals surface area (Å²) in [6.45, 7) is 6.76. The molecule has 0 N–H and O–H groups in total. The first-order valence-electron chi connectivity index (χ1n) is 12.5. The third kappa shape index (κ3) is 2.60. The zero-order valence-electron chi connectivity index (χ0n) is 19.9. The van der Waals surface area contributed by atoms with Crippen LogP contribution in [0.5, 0.6) is 5.75 Å². The second-order valence-corrected chi connectivity index (χ2v) is 11.5. The summed E-state index contributed by atoms with van der Waals surface area (Å²) in [5.74, 6) is 0.0745. The Hall–Kier alpha value is -2.63. The Morgan fingerprint density at radius 2 is 1.82 bits per heavy atom. The number of fused-ring (bicyclic) bond motifs is 2. The predicted molar refractivity (Wildman–Crippen MR) is 123 cm³/mol. The fraction of sp³-hybridized carbons (Fsp3) is 0.607. The third-order valence-electron chi connectivity index (χ3n) is 10.2. The van der Waals surface area contributed by atoms with Crippen LogP contribution in [-0.4, -0.2) is 37.5 Å². The number of carbonyl (C=O) groups excluding carboxylic acids is 3. The van der Waals surface area contributed by atoms with Crippen LogP contribution in [0.4, 0.5) is 0 Å². The van der Waals surface area contributed by atoms with Gasteiger partial charge in [-0.05, 0) is 86.1 Å². The summed E-state index contributed by atoms with van der Waals surface area (Å²) in [5, 5.41) is 0. The van der Waals surface area contributed by atoms with Crippen molar-refractivity contribution in [3.63, 3.8) is 0 Å². The van der Waals surface area contributed by atoms with Gasteiger partial charge in [0.1, 0.15) is 11.9 Å². The molecule has 0 amide bonds. The largest absolute Gasteiger partial charge is 0.497 e. The summed E-state index contributed by atoms with van der Waals surface area (Å²) in [7, 11) is 1.58. The van der Waals surface area contributed by atoms with Gasteiger partial charge in [-0.15, -0.1) is 0 Å². The molecule has 3 unspecified atom stereocenters. The molecule has 6 heteroatoms. The summed E-state index contributed by atoms with van der Waals surface area (Å²) in [5.41, 5.74) is -0.637. The molecule has 1 saturated heterocycles.